The summed E-state index contributed by atoms with van der Waals surface area (Å²) in [7, 11) is 0. The van der Waals surface area contributed by atoms with Gasteiger partial charge < -0.3 is 0 Å². The normalized spacial score (nSPS) is 10.6. The summed E-state index contributed by atoms with van der Waals surface area (Å²) < 4.78 is 1.85. The maximum atomic E-state index is 5.83. The molecule has 0 unspecified atom stereocenters. The first kappa shape index (κ1) is 11.5. The van der Waals surface area contributed by atoms with Crippen LogP contribution in [0.4, 0.5) is 0 Å². The van der Waals surface area contributed by atoms with E-state index in [9.17, 15) is 0 Å². The minimum Gasteiger partial charge on any atom is -0.241 e. The number of alkyl halides is 1. The fourth-order valence-electron chi connectivity index (χ4n) is 1.50. The zero-order valence-corrected chi connectivity index (χ0v) is 10.2. The topological polar surface area (TPSA) is 17.8 Å². The summed E-state index contributed by atoms with van der Waals surface area (Å²) >= 11 is 11.5. The maximum absolute atomic E-state index is 5.83. The summed E-state index contributed by atoms with van der Waals surface area (Å²) in [5.41, 5.74) is 2.22. The third-order valence-corrected chi connectivity index (χ3v) is 2.85. The molecule has 0 aliphatic heterocycles. The highest BCUT2D eigenvalue weighted by atomic mass is 35.5. The number of aryl methyl sites for hydroxylation is 1. The van der Waals surface area contributed by atoms with Crippen molar-refractivity contribution in [3.8, 4) is 5.69 Å². The van der Waals surface area contributed by atoms with Crippen LogP contribution in [0.25, 0.3) is 5.69 Å². The molecule has 2 rings (SSSR count). The third-order valence-electron chi connectivity index (χ3n) is 2.33. The summed E-state index contributed by atoms with van der Waals surface area (Å²) in [5, 5.41) is 5.03. The number of nitrogens with zero attached hydrogens (tertiary/aromatic N) is 2. The number of hydrogen-bond donors (Lipinski definition) is 0. The van der Waals surface area contributed by atoms with Crippen LogP contribution in [0, 0.1) is 0 Å². The molecular formula is C12H12Cl2N2. The molecule has 4 heteroatoms. The lowest BCUT2D eigenvalue weighted by Gasteiger charge is -2.00. The molecule has 0 radical (unpaired) electrons. The van der Waals surface area contributed by atoms with Crippen LogP contribution < -0.4 is 0 Å². The van der Waals surface area contributed by atoms with E-state index in [0.29, 0.717) is 5.88 Å². The number of aromatic nitrogens is 2. The van der Waals surface area contributed by atoms with Gasteiger partial charge in [0.15, 0.2) is 0 Å². The fraction of sp³-hybridized carbons (Fsp3) is 0.250. The van der Waals surface area contributed by atoms with Crippen molar-refractivity contribution in [1.82, 2.24) is 9.78 Å². The summed E-state index contributed by atoms with van der Waals surface area (Å²) in [6.07, 6.45) is 5.85. The standard InChI is InChI=1S/C12H12Cl2N2/c13-7-1-2-10-8-15-16(9-10)12-5-3-11(14)4-6-12/h3-6,8-9H,1-2,7H2. The molecule has 0 aliphatic carbocycles. The van der Waals surface area contributed by atoms with Crippen molar-refractivity contribution in [2.45, 2.75) is 12.8 Å². The Bertz CT molecular complexity index is 448. The molecule has 0 saturated carbocycles. The van der Waals surface area contributed by atoms with Crippen LogP contribution in [0.5, 0.6) is 0 Å². The molecule has 2 aromatic rings. The van der Waals surface area contributed by atoms with Gasteiger partial charge in [-0.05, 0) is 42.7 Å². The van der Waals surface area contributed by atoms with Crippen LogP contribution in [0.1, 0.15) is 12.0 Å². The van der Waals surface area contributed by atoms with E-state index in [4.69, 9.17) is 23.2 Å². The molecule has 84 valence electrons. The van der Waals surface area contributed by atoms with E-state index < -0.39 is 0 Å². The minimum absolute atomic E-state index is 0.687. The Hall–Kier alpha value is -0.990. The maximum Gasteiger partial charge on any atom is 0.0646 e. The molecule has 0 N–H and O–H groups in total. The molecular weight excluding hydrogens is 243 g/mol. The van der Waals surface area contributed by atoms with Gasteiger partial charge in [0.1, 0.15) is 0 Å². The fourth-order valence-corrected chi connectivity index (χ4v) is 1.75. The Labute approximate surface area is 105 Å². The Kier molecular flexibility index (Phi) is 3.86. The highest BCUT2D eigenvalue weighted by molar-refractivity contribution is 6.30. The van der Waals surface area contributed by atoms with Gasteiger partial charge in [-0.25, -0.2) is 4.68 Å². The molecule has 0 saturated heterocycles. The predicted octanol–water partition coefficient (Wildman–Crippen LogP) is 3.70. The van der Waals surface area contributed by atoms with Crippen LogP contribution in [-0.4, -0.2) is 15.7 Å². The van der Waals surface area contributed by atoms with Crippen LogP contribution in [0.3, 0.4) is 0 Å². The van der Waals surface area contributed by atoms with Crippen molar-refractivity contribution in [3.63, 3.8) is 0 Å². The zero-order valence-electron chi connectivity index (χ0n) is 8.74. The first-order valence-electron chi connectivity index (χ1n) is 5.15. The lowest BCUT2D eigenvalue weighted by molar-refractivity contribution is 0.877. The van der Waals surface area contributed by atoms with E-state index in [0.717, 1.165) is 23.6 Å². The molecule has 0 spiro atoms. The Morgan fingerprint density at radius 2 is 1.94 bits per heavy atom. The average molecular weight is 255 g/mol. The van der Waals surface area contributed by atoms with Gasteiger partial charge in [-0.1, -0.05) is 11.6 Å². The van der Waals surface area contributed by atoms with Gasteiger partial charge >= 0.3 is 0 Å². The monoisotopic (exact) mass is 254 g/mol. The lowest BCUT2D eigenvalue weighted by atomic mass is 10.2. The minimum atomic E-state index is 0.687. The quantitative estimate of drug-likeness (QED) is 0.762. The molecule has 0 amide bonds. The summed E-state index contributed by atoms with van der Waals surface area (Å²) in [6.45, 7) is 0. The molecule has 16 heavy (non-hydrogen) atoms. The highest BCUT2D eigenvalue weighted by Crippen LogP contribution is 2.13. The van der Waals surface area contributed by atoms with Gasteiger partial charge in [0.25, 0.3) is 0 Å². The number of hydrogen-bond acceptors (Lipinski definition) is 1. The Morgan fingerprint density at radius 1 is 1.19 bits per heavy atom. The average Bonchev–Trinajstić information content (AvgIpc) is 2.76. The van der Waals surface area contributed by atoms with Gasteiger partial charge in [0.05, 0.1) is 11.9 Å². The largest absolute Gasteiger partial charge is 0.241 e. The van der Waals surface area contributed by atoms with E-state index in [1.54, 1.807) is 0 Å². The number of benzene rings is 1. The van der Waals surface area contributed by atoms with Crippen LogP contribution >= 0.6 is 23.2 Å². The first-order valence-corrected chi connectivity index (χ1v) is 6.06. The second-order valence-corrected chi connectivity index (χ2v) is 4.38. The second kappa shape index (κ2) is 5.37. The van der Waals surface area contributed by atoms with Crippen LogP contribution in [0.2, 0.25) is 5.02 Å². The van der Waals surface area contributed by atoms with Crippen molar-refractivity contribution in [2.24, 2.45) is 0 Å². The molecule has 1 heterocycles. The molecule has 1 aromatic carbocycles. The van der Waals surface area contributed by atoms with Gasteiger partial charge in [0, 0.05) is 17.1 Å². The van der Waals surface area contributed by atoms with Crippen LogP contribution in [0.15, 0.2) is 36.7 Å². The predicted molar refractivity (Wildman–Crippen MR) is 67.6 cm³/mol. The summed E-state index contributed by atoms with van der Waals surface area (Å²) in [6, 6.07) is 7.61. The first-order chi connectivity index (χ1) is 7.79. The molecule has 2 nitrogen and oxygen atoms in total. The van der Waals surface area contributed by atoms with Crippen molar-refractivity contribution >= 4 is 23.2 Å². The third kappa shape index (κ3) is 2.77. The number of halogens is 2. The second-order valence-electron chi connectivity index (χ2n) is 3.56. The lowest BCUT2D eigenvalue weighted by Crippen LogP contribution is -1.93. The molecule has 1 aromatic heterocycles. The van der Waals surface area contributed by atoms with E-state index in [1.165, 1.54) is 5.56 Å². The molecule has 0 atom stereocenters. The molecule has 0 bridgehead atoms. The SMILES string of the molecule is ClCCCc1cnn(-c2ccc(Cl)cc2)c1. The van der Waals surface area contributed by atoms with Crippen molar-refractivity contribution < 1.29 is 0 Å². The number of rotatable bonds is 4. The zero-order chi connectivity index (χ0) is 11.4. The van der Waals surface area contributed by atoms with E-state index >= 15 is 0 Å². The molecule has 0 aliphatic rings. The summed E-state index contributed by atoms with van der Waals surface area (Å²) in [4.78, 5) is 0. The summed E-state index contributed by atoms with van der Waals surface area (Å²) in [5.74, 6) is 0.687. The smallest absolute Gasteiger partial charge is 0.0646 e. The highest BCUT2D eigenvalue weighted by Gasteiger charge is 2.00. The van der Waals surface area contributed by atoms with Gasteiger partial charge in [0.2, 0.25) is 0 Å². The van der Waals surface area contributed by atoms with Crippen molar-refractivity contribution in [1.29, 1.82) is 0 Å². The van der Waals surface area contributed by atoms with Crippen LogP contribution in [-0.2, 0) is 6.42 Å². The van der Waals surface area contributed by atoms with Gasteiger partial charge in [-0.2, -0.15) is 5.10 Å². The van der Waals surface area contributed by atoms with Gasteiger partial charge in [-0.15, -0.1) is 11.6 Å². The van der Waals surface area contributed by atoms with E-state index in [1.807, 2.05) is 41.3 Å². The Balaban J connectivity index is 2.15. The van der Waals surface area contributed by atoms with Gasteiger partial charge in [-0.3, -0.25) is 0 Å². The van der Waals surface area contributed by atoms with Crippen molar-refractivity contribution in [2.75, 3.05) is 5.88 Å². The Morgan fingerprint density at radius 3 is 2.62 bits per heavy atom. The molecule has 0 fully saturated rings. The van der Waals surface area contributed by atoms with E-state index in [2.05, 4.69) is 5.10 Å². The van der Waals surface area contributed by atoms with E-state index in [-0.39, 0.29) is 0 Å². The van der Waals surface area contributed by atoms with Crippen molar-refractivity contribution in [3.05, 3.63) is 47.2 Å².